The fourth-order valence-electron chi connectivity index (χ4n) is 3.07. The van der Waals surface area contributed by atoms with E-state index in [1.54, 1.807) is 11.1 Å². The number of rotatable bonds is 5. The Balaban J connectivity index is 1.62. The molecule has 1 atom stereocenters. The molecule has 1 unspecified atom stereocenters. The second-order valence-electron chi connectivity index (χ2n) is 6.75. The standard InChI is InChI=1S/C19H24N4O2/c1-13(2)14-4-6-15(7-5-14)23-10-8-16(19(23)25)18(24)21-12-17-20-9-11-22(17)3/h4-7,9,11,13,16H,8,10,12H2,1-3H3,(H,21,24). The molecule has 1 N–H and O–H groups in total. The number of hydrogen-bond donors (Lipinski definition) is 1. The Kier molecular flexibility index (Phi) is 4.88. The van der Waals surface area contributed by atoms with Crippen molar-refractivity contribution in [3.8, 4) is 0 Å². The lowest BCUT2D eigenvalue weighted by Crippen LogP contribution is -2.37. The highest BCUT2D eigenvalue weighted by atomic mass is 16.2. The van der Waals surface area contributed by atoms with Crippen LogP contribution in [0.3, 0.4) is 0 Å². The predicted octanol–water partition coefficient (Wildman–Crippen LogP) is 2.21. The molecule has 1 aliphatic rings. The van der Waals surface area contributed by atoms with Crippen LogP contribution in [0.2, 0.25) is 0 Å². The molecular weight excluding hydrogens is 316 g/mol. The molecule has 3 rings (SSSR count). The Morgan fingerprint density at radius 3 is 2.64 bits per heavy atom. The summed E-state index contributed by atoms with van der Waals surface area (Å²) >= 11 is 0. The number of aromatic nitrogens is 2. The minimum Gasteiger partial charge on any atom is -0.348 e. The first-order valence-corrected chi connectivity index (χ1v) is 8.62. The summed E-state index contributed by atoms with van der Waals surface area (Å²) in [6.45, 7) is 5.17. The third-order valence-electron chi connectivity index (χ3n) is 4.74. The largest absolute Gasteiger partial charge is 0.348 e. The van der Waals surface area contributed by atoms with Crippen molar-refractivity contribution in [1.82, 2.24) is 14.9 Å². The van der Waals surface area contributed by atoms with Crippen LogP contribution in [0.1, 0.15) is 37.6 Å². The van der Waals surface area contributed by atoms with Gasteiger partial charge in [-0.1, -0.05) is 26.0 Å². The molecule has 2 heterocycles. The Morgan fingerprint density at radius 2 is 2.04 bits per heavy atom. The van der Waals surface area contributed by atoms with Gasteiger partial charge >= 0.3 is 0 Å². The molecule has 132 valence electrons. The molecular formula is C19H24N4O2. The van der Waals surface area contributed by atoms with Gasteiger partial charge in [-0.05, 0) is 30.0 Å². The monoisotopic (exact) mass is 340 g/mol. The van der Waals surface area contributed by atoms with Crippen molar-refractivity contribution in [3.63, 3.8) is 0 Å². The average molecular weight is 340 g/mol. The van der Waals surface area contributed by atoms with Crippen LogP contribution in [-0.4, -0.2) is 27.9 Å². The Hall–Kier alpha value is -2.63. The van der Waals surface area contributed by atoms with Crippen LogP contribution in [0.25, 0.3) is 0 Å². The topological polar surface area (TPSA) is 67.2 Å². The van der Waals surface area contributed by atoms with Crippen LogP contribution in [0.5, 0.6) is 0 Å². The van der Waals surface area contributed by atoms with Crippen molar-refractivity contribution in [3.05, 3.63) is 48.0 Å². The molecule has 2 aromatic rings. The molecule has 6 heteroatoms. The molecule has 2 amide bonds. The van der Waals surface area contributed by atoms with Crippen LogP contribution in [0.4, 0.5) is 5.69 Å². The number of imidazole rings is 1. The van der Waals surface area contributed by atoms with Crippen molar-refractivity contribution in [2.45, 2.75) is 32.7 Å². The molecule has 25 heavy (non-hydrogen) atoms. The first-order valence-electron chi connectivity index (χ1n) is 8.62. The molecule has 0 radical (unpaired) electrons. The quantitative estimate of drug-likeness (QED) is 0.849. The van der Waals surface area contributed by atoms with Gasteiger partial charge in [0, 0.05) is 31.7 Å². The summed E-state index contributed by atoms with van der Waals surface area (Å²) in [5.74, 6) is 0.238. The van der Waals surface area contributed by atoms with Crippen LogP contribution >= 0.6 is 0 Å². The molecule has 0 bridgehead atoms. The van der Waals surface area contributed by atoms with Gasteiger partial charge in [0.15, 0.2) is 0 Å². The molecule has 0 spiro atoms. The lowest BCUT2D eigenvalue weighted by Gasteiger charge is -2.18. The summed E-state index contributed by atoms with van der Waals surface area (Å²) in [4.78, 5) is 30.9. The van der Waals surface area contributed by atoms with Gasteiger partial charge in [-0.15, -0.1) is 0 Å². The second-order valence-corrected chi connectivity index (χ2v) is 6.75. The second kappa shape index (κ2) is 7.09. The fraction of sp³-hybridized carbons (Fsp3) is 0.421. The van der Waals surface area contributed by atoms with Crippen LogP contribution in [0.15, 0.2) is 36.7 Å². The van der Waals surface area contributed by atoms with E-state index in [1.807, 2.05) is 42.1 Å². The first-order chi connectivity index (χ1) is 12.0. The van der Waals surface area contributed by atoms with Gasteiger partial charge in [-0.2, -0.15) is 0 Å². The van der Waals surface area contributed by atoms with Crippen LogP contribution < -0.4 is 10.2 Å². The van der Waals surface area contributed by atoms with Crippen LogP contribution in [0, 0.1) is 5.92 Å². The molecule has 1 saturated heterocycles. The molecule has 1 aliphatic heterocycles. The highest BCUT2D eigenvalue weighted by molar-refractivity contribution is 6.09. The predicted molar refractivity (Wildman–Crippen MR) is 96.0 cm³/mol. The van der Waals surface area contributed by atoms with Crippen molar-refractivity contribution < 1.29 is 9.59 Å². The molecule has 0 aliphatic carbocycles. The van der Waals surface area contributed by atoms with E-state index in [4.69, 9.17) is 0 Å². The summed E-state index contributed by atoms with van der Waals surface area (Å²) in [6, 6.07) is 8.01. The maximum Gasteiger partial charge on any atom is 0.239 e. The maximum absolute atomic E-state index is 12.6. The van der Waals surface area contributed by atoms with Crippen molar-refractivity contribution in [1.29, 1.82) is 0 Å². The van der Waals surface area contributed by atoms with Gasteiger partial charge in [0.2, 0.25) is 11.8 Å². The minimum absolute atomic E-state index is 0.130. The van der Waals surface area contributed by atoms with E-state index < -0.39 is 5.92 Å². The molecule has 1 fully saturated rings. The van der Waals surface area contributed by atoms with E-state index in [-0.39, 0.29) is 11.8 Å². The lowest BCUT2D eigenvalue weighted by atomic mass is 10.0. The fourth-order valence-corrected chi connectivity index (χ4v) is 3.07. The number of nitrogens with zero attached hydrogens (tertiary/aromatic N) is 3. The highest BCUT2D eigenvalue weighted by Gasteiger charge is 2.37. The summed E-state index contributed by atoms with van der Waals surface area (Å²) in [6.07, 6.45) is 4.05. The summed E-state index contributed by atoms with van der Waals surface area (Å²) in [5.41, 5.74) is 2.09. The van der Waals surface area contributed by atoms with E-state index in [9.17, 15) is 9.59 Å². The number of carbonyl (C=O) groups is 2. The number of aryl methyl sites for hydroxylation is 1. The molecule has 1 aromatic heterocycles. The summed E-state index contributed by atoms with van der Waals surface area (Å²) in [5, 5.41) is 2.82. The van der Waals surface area contributed by atoms with Gasteiger partial charge in [-0.25, -0.2) is 4.98 Å². The van der Waals surface area contributed by atoms with Gasteiger partial charge < -0.3 is 14.8 Å². The number of benzene rings is 1. The van der Waals surface area contributed by atoms with Gasteiger partial charge in [0.1, 0.15) is 11.7 Å². The van der Waals surface area contributed by atoms with Gasteiger partial charge in [0.25, 0.3) is 0 Å². The molecule has 6 nitrogen and oxygen atoms in total. The third-order valence-corrected chi connectivity index (χ3v) is 4.74. The zero-order chi connectivity index (χ0) is 18.0. The smallest absolute Gasteiger partial charge is 0.239 e. The maximum atomic E-state index is 12.6. The highest BCUT2D eigenvalue weighted by Crippen LogP contribution is 2.27. The number of anilines is 1. The van der Waals surface area contributed by atoms with Crippen molar-refractivity contribution in [2.24, 2.45) is 13.0 Å². The molecule has 1 aromatic carbocycles. The minimum atomic E-state index is -0.620. The first kappa shape index (κ1) is 17.2. The van der Waals surface area contributed by atoms with Crippen molar-refractivity contribution in [2.75, 3.05) is 11.4 Å². The Labute approximate surface area is 147 Å². The number of nitrogens with one attached hydrogen (secondary N) is 1. The summed E-state index contributed by atoms with van der Waals surface area (Å²) in [7, 11) is 1.87. The van der Waals surface area contributed by atoms with Crippen LogP contribution in [-0.2, 0) is 23.2 Å². The average Bonchev–Trinajstić information content (AvgIpc) is 3.18. The van der Waals surface area contributed by atoms with Gasteiger partial charge in [0.05, 0.1) is 6.54 Å². The van der Waals surface area contributed by atoms with E-state index in [0.29, 0.717) is 25.4 Å². The summed E-state index contributed by atoms with van der Waals surface area (Å²) < 4.78 is 1.85. The third kappa shape index (κ3) is 3.57. The number of amides is 2. The number of hydrogen-bond acceptors (Lipinski definition) is 3. The zero-order valence-corrected chi connectivity index (χ0v) is 14.9. The Bertz CT molecular complexity index is 764. The number of carbonyl (C=O) groups excluding carboxylic acids is 2. The van der Waals surface area contributed by atoms with Crippen molar-refractivity contribution >= 4 is 17.5 Å². The van der Waals surface area contributed by atoms with Gasteiger partial charge in [-0.3, -0.25) is 9.59 Å². The van der Waals surface area contributed by atoms with E-state index >= 15 is 0 Å². The molecule has 0 saturated carbocycles. The zero-order valence-electron chi connectivity index (χ0n) is 14.9. The van der Waals surface area contributed by atoms with E-state index in [1.165, 1.54) is 5.56 Å². The SMILES string of the molecule is CC(C)c1ccc(N2CCC(C(=O)NCc3nccn3C)C2=O)cc1. The Morgan fingerprint density at radius 1 is 1.32 bits per heavy atom. The van der Waals surface area contributed by atoms with E-state index in [0.717, 1.165) is 11.5 Å². The normalized spacial score (nSPS) is 17.4. The lowest BCUT2D eigenvalue weighted by molar-refractivity contribution is -0.132. The van der Waals surface area contributed by atoms with E-state index in [2.05, 4.69) is 24.1 Å².